The zero-order chi connectivity index (χ0) is 23.1. The van der Waals surface area contributed by atoms with Crippen molar-refractivity contribution in [2.45, 2.75) is 51.4 Å². The third kappa shape index (κ3) is 4.52. The predicted octanol–water partition coefficient (Wildman–Crippen LogP) is 3.61. The largest absolute Gasteiger partial charge is 0.367 e. The Bertz CT molecular complexity index is 1230. The Kier molecular flexibility index (Phi) is 5.93. The lowest BCUT2D eigenvalue weighted by Gasteiger charge is -2.23. The van der Waals surface area contributed by atoms with Gasteiger partial charge >= 0.3 is 0 Å². The third-order valence-corrected chi connectivity index (χ3v) is 6.95. The standard InChI is InChI=1S/C26H32FN5O/c1-17-10-18(6-8-29-17)13-28-14-19-15-32(20-4-5-20)24-12-25(23(27)11-22(24)26(19)33)31-9-7-21(16-31)30(2)3/h6,8,10-12,15,20-21,28H,4-5,7,9,13-14,16H2,1-3H3/t21-/m0/s1. The molecule has 174 valence electrons. The molecular formula is C26H32FN5O. The summed E-state index contributed by atoms with van der Waals surface area (Å²) in [6, 6.07) is 8.18. The van der Waals surface area contributed by atoms with E-state index >= 15 is 4.39 Å². The van der Waals surface area contributed by atoms with Gasteiger partial charge in [0.1, 0.15) is 5.82 Å². The first-order valence-electron chi connectivity index (χ1n) is 11.8. The van der Waals surface area contributed by atoms with Crippen LogP contribution >= 0.6 is 0 Å². The molecule has 0 spiro atoms. The van der Waals surface area contributed by atoms with E-state index in [9.17, 15) is 4.79 Å². The van der Waals surface area contributed by atoms with Gasteiger partial charge in [-0.3, -0.25) is 9.78 Å². The first-order valence-corrected chi connectivity index (χ1v) is 11.8. The molecule has 1 aliphatic carbocycles. The molecule has 1 aliphatic heterocycles. The molecule has 0 radical (unpaired) electrons. The Hall–Kier alpha value is -2.77. The molecule has 6 nitrogen and oxygen atoms in total. The molecule has 1 saturated heterocycles. The van der Waals surface area contributed by atoms with Crippen molar-refractivity contribution in [3.8, 4) is 0 Å². The molecule has 0 unspecified atom stereocenters. The van der Waals surface area contributed by atoms with Crippen LogP contribution in [0.1, 0.15) is 42.1 Å². The normalized spacial score (nSPS) is 18.6. The summed E-state index contributed by atoms with van der Waals surface area (Å²) in [6.07, 6.45) is 6.99. The fourth-order valence-electron chi connectivity index (χ4n) is 4.88. The van der Waals surface area contributed by atoms with Gasteiger partial charge in [-0.25, -0.2) is 4.39 Å². The molecule has 7 heteroatoms. The second-order valence-electron chi connectivity index (χ2n) is 9.70. The minimum atomic E-state index is -0.307. The highest BCUT2D eigenvalue weighted by atomic mass is 19.1. The van der Waals surface area contributed by atoms with Crippen molar-refractivity contribution in [2.24, 2.45) is 0 Å². The lowest BCUT2D eigenvalue weighted by molar-refractivity contribution is 0.315. The van der Waals surface area contributed by atoms with E-state index in [1.807, 2.05) is 31.3 Å². The van der Waals surface area contributed by atoms with Gasteiger partial charge in [-0.15, -0.1) is 0 Å². The topological polar surface area (TPSA) is 53.4 Å². The van der Waals surface area contributed by atoms with Gasteiger partial charge in [0.2, 0.25) is 0 Å². The van der Waals surface area contributed by atoms with Gasteiger partial charge in [0.25, 0.3) is 0 Å². The Labute approximate surface area is 194 Å². The number of nitrogens with zero attached hydrogens (tertiary/aromatic N) is 4. The van der Waals surface area contributed by atoms with Gasteiger partial charge in [-0.2, -0.15) is 0 Å². The zero-order valence-corrected chi connectivity index (χ0v) is 19.6. The van der Waals surface area contributed by atoms with Crippen LogP contribution in [-0.4, -0.2) is 47.7 Å². The van der Waals surface area contributed by atoms with E-state index in [4.69, 9.17) is 0 Å². The maximum absolute atomic E-state index is 15.2. The number of benzene rings is 1. The number of halogens is 1. The molecule has 1 aromatic carbocycles. The minimum Gasteiger partial charge on any atom is -0.367 e. The monoisotopic (exact) mass is 449 g/mol. The van der Waals surface area contributed by atoms with Crippen LogP contribution in [0, 0.1) is 12.7 Å². The molecule has 5 rings (SSSR count). The van der Waals surface area contributed by atoms with Crippen LogP contribution < -0.4 is 15.6 Å². The lowest BCUT2D eigenvalue weighted by atomic mass is 10.1. The molecule has 2 aromatic heterocycles. The fourth-order valence-corrected chi connectivity index (χ4v) is 4.88. The average Bonchev–Trinajstić information content (AvgIpc) is 3.50. The van der Waals surface area contributed by atoms with Crippen LogP contribution in [0.2, 0.25) is 0 Å². The van der Waals surface area contributed by atoms with Crippen molar-refractivity contribution < 1.29 is 4.39 Å². The number of pyridine rings is 2. The lowest BCUT2D eigenvalue weighted by Crippen LogP contribution is -2.31. The summed E-state index contributed by atoms with van der Waals surface area (Å²) in [5, 5.41) is 3.85. The quantitative estimate of drug-likeness (QED) is 0.597. The average molecular weight is 450 g/mol. The van der Waals surface area contributed by atoms with Crippen LogP contribution in [0.15, 0.2) is 41.5 Å². The molecule has 1 atom stereocenters. The number of rotatable bonds is 7. The smallest absolute Gasteiger partial charge is 0.193 e. The molecule has 0 amide bonds. The summed E-state index contributed by atoms with van der Waals surface area (Å²) in [5.74, 6) is -0.307. The molecule has 33 heavy (non-hydrogen) atoms. The van der Waals surface area contributed by atoms with Gasteiger partial charge in [0.15, 0.2) is 5.43 Å². The molecule has 3 heterocycles. The number of nitrogens with one attached hydrogen (secondary N) is 1. The molecule has 1 N–H and O–H groups in total. The minimum absolute atomic E-state index is 0.0849. The molecule has 0 bridgehead atoms. The number of anilines is 1. The van der Waals surface area contributed by atoms with Crippen LogP contribution in [0.25, 0.3) is 10.9 Å². The summed E-state index contributed by atoms with van der Waals surface area (Å²) < 4.78 is 17.4. The third-order valence-electron chi connectivity index (χ3n) is 6.95. The Morgan fingerprint density at radius 3 is 2.70 bits per heavy atom. The number of aromatic nitrogens is 2. The zero-order valence-electron chi connectivity index (χ0n) is 19.6. The highest BCUT2D eigenvalue weighted by Gasteiger charge is 2.29. The van der Waals surface area contributed by atoms with Gasteiger partial charge in [0.05, 0.1) is 11.2 Å². The highest BCUT2D eigenvalue weighted by molar-refractivity contribution is 5.84. The molecule has 2 fully saturated rings. The van der Waals surface area contributed by atoms with Gasteiger partial charge < -0.3 is 19.7 Å². The Balaban J connectivity index is 1.45. The summed E-state index contributed by atoms with van der Waals surface area (Å²) in [5.41, 5.74) is 4.15. The van der Waals surface area contributed by atoms with Crippen molar-refractivity contribution in [2.75, 3.05) is 32.1 Å². The molecule has 2 aliphatic rings. The van der Waals surface area contributed by atoms with E-state index in [0.29, 0.717) is 41.8 Å². The van der Waals surface area contributed by atoms with Crippen LogP contribution in [0.5, 0.6) is 0 Å². The van der Waals surface area contributed by atoms with E-state index in [2.05, 4.69) is 38.8 Å². The Morgan fingerprint density at radius 2 is 2.00 bits per heavy atom. The summed E-state index contributed by atoms with van der Waals surface area (Å²) >= 11 is 0. The second kappa shape index (κ2) is 8.88. The fraction of sp³-hybridized carbons (Fsp3) is 0.462. The Morgan fingerprint density at radius 1 is 1.18 bits per heavy atom. The first-order chi connectivity index (χ1) is 15.9. The number of likely N-dealkylation sites (N-methyl/N-ethyl adjacent to an activating group) is 1. The van der Waals surface area contributed by atoms with Crippen LogP contribution in [-0.2, 0) is 13.1 Å². The molecule has 3 aromatic rings. The van der Waals surface area contributed by atoms with Gasteiger partial charge in [-0.05, 0) is 70.1 Å². The summed E-state index contributed by atoms with van der Waals surface area (Å²) in [7, 11) is 4.14. The van der Waals surface area contributed by atoms with E-state index in [1.54, 1.807) is 6.20 Å². The van der Waals surface area contributed by atoms with E-state index in [0.717, 1.165) is 49.1 Å². The molecular weight excluding hydrogens is 417 g/mol. The van der Waals surface area contributed by atoms with Gasteiger partial charge in [0, 0.05) is 67.3 Å². The van der Waals surface area contributed by atoms with Crippen molar-refractivity contribution >= 4 is 16.6 Å². The van der Waals surface area contributed by atoms with E-state index in [-0.39, 0.29) is 11.2 Å². The van der Waals surface area contributed by atoms with Crippen LogP contribution in [0.3, 0.4) is 0 Å². The SMILES string of the molecule is Cc1cc(CNCc2cn(C3CC3)c3cc(N4CC[C@H](N(C)C)C4)c(F)cc3c2=O)ccn1. The second-order valence-corrected chi connectivity index (χ2v) is 9.70. The number of fused-ring (bicyclic) bond motifs is 1. The van der Waals surface area contributed by atoms with Crippen molar-refractivity contribution in [3.63, 3.8) is 0 Å². The maximum atomic E-state index is 15.2. The van der Waals surface area contributed by atoms with Gasteiger partial charge in [-0.1, -0.05) is 0 Å². The highest BCUT2D eigenvalue weighted by Crippen LogP contribution is 2.38. The summed E-state index contributed by atoms with van der Waals surface area (Å²) in [6.45, 7) is 4.70. The predicted molar refractivity (Wildman–Crippen MR) is 130 cm³/mol. The summed E-state index contributed by atoms with van der Waals surface area (Å²) in [4.78, 5) is 21.8. The molecule has 1 saturated carbocycles. The van der Waals surface area contributed by atoms with Crippen molar-refractivity contribution in [3.05, 3.63) is 69.5 Å². The van der Waals surface area contributed by atoms with Crippen molar-refractivity contribution in [1.82, 2.24) is 19.8 Å². The van der Waals surface area contributed by atoms with Crippen molar-refractivity contribution in [1.29, 1.82) is 0 Å². The number of hydrogen-bond donors (Lipinski definition) is 1. The first kappa shape index (κ1) is 22.0. The maximum Gasteiger partial charge on any atom is 0.193 e. The van der Waals surface area contributed by atoms with Crippen LogP contribution in [0.4, 0.5) is 10.1 Å². The number of hydrogen-bond acceptors (Lipinski definition) is 5. The van der Waals surface area contributed by atoms with E-state index in [1.165, 1.54) is 6.07 Å². The number of aryl methyl sites for hydroxylation is 1. The van der Waals surface area contributed by atoms with E-state index < -0.39 is 0 Å².